The largest absolute Gasteiger partial charge is 0.467 e. The number of carbonyl (C=O) groups excluding carboxylic acids is 1. The summed E-state index contributed by atoms with van der Waals surface area (Å²) in [7, 11) is 0. The molecule has 4 rings (SSSR count). The number of rotatable bonds is 6. The fourth-order valence-corrected chi connectivity index (χ4v) is 5.48. The lowest BCUT2D eigenvalue weighted by Gasteiger charge is -2.12. The number of fused-ring (bicyclic) bond motifs is 3. The topological polar surface area (TPSA) is 101 Å². The number of nitrogens with one attached hydrogen (secondary N) is 1. The Morgan fingerprint density at radius 3 is 3.07 bits per heavy atom. The van der Waals surface area contributed by atoms with E-state index in [2.05, 4.69) is 5.32 Å². The quantitative estimate of drug-likeness (QED) is 0.378. The number of thioether (sulfide) groups is 1. The summed E-state index contributed by atoms with van der Waals surface area (Å²) in [5.41, 5.74) is 1.06. The fraction of sp³-hybridized carbons (Fsp3) is 0.368. The maximum absolute atomic E-state index is 13.4. The van der Waals surface area contributed by atoms with Crippen molar-refractivity contribution in [2.45, 2.75) is 37.4 Å². The van der Waals surface area contributed by atoms with E-state index in [0.29, 0.717) is 16.3 Å². The number of amides is 1. The van der Waals surface area contributed by atoms with E-state index in [1.54, 1.807) is 28.2 Å². The van der Waals surface area contributed by atoms with E-state index in [-0.39, 0.29) is 30.3 Å². The van der Waals surface area contributed by atoms with Gasteiger partial charge in [0.2, 0.25) is 5.91 Å². The van der Waals surface area contributed by atoms with Crippen LogP contribution in [-0.4, -0.2) is 27.8 Å². The molecule has 3 heterocycles. The highest BCUT2D eigenvalue weighted by atomic mass is 32.2. The zero-order chi connectivity index (χ0) is 19.5. The molecule has 1 aliphatic carbocycles. The van der Waals surface area contributed by atoms with Crippen molar-refractivity contribution in [1.82, 2.24) is 14.9 Å². The summed E-state index contributed by atoms with van der Waals surface area (Å²) >= 11 is 2.79. The molecule has 3 aromatic heterocycles. The molecule has 0 saturated heterocycles. The van der Waals surface area contributed by atoms with E-state index in [9.17, 15) is 9.59 Å². The minimum Gasteiger partial charge on any atom is -0.467 e. The van der Waals surface area contributed by atoms with Gasteiger partial charge in [-0.3, -0.25) is 14.2 Å². The first kappa shape index (κ1) is 18.8. The molecule has 1 aliphatic rings. The van der Waals surface area contributed by atoms with Crippen LogP contribution < -0.4 is 10.9 Å². The Kier molecular flexibility index (Phi) is 5.50. The second-order valence-electron chi connectivity index (χ2n) is 6.48. The molecule has 0 aromatic carbocycles. The van der Waals surface area contributed by atoms with Crippen LogP contribution >= 0.6 is 23.1 Å². The van der Waals surface area contributed by atoms with Crippen LogP contribution in [0.5, 0.6) is 0 Å². The molecule has 7 nitrogen and oxygen atoms in total. The first-order chi connectivity index (χ1) is 13.7. The molecular weight excluding hydrogens is 396 g/mol. The lowest BCUT2D eigenvalue weighted by molar-refractivity contribution is -0.118. The summed E-state index contributed by atoms with van der Waals surface area (Å²) in [6.45, 7) is 0.226. The van der Waals surface area contributed by atoms with Gasteiger partial charge in [-0.2, -0.15) is 5.26 Å². The van der Waals surface area contributed by atoms with E-state index in [1.165, 1.54) is 16.6 Å². The zero-order valence-corrected chi connectivity index (χ0v) is 16.7. The van der Waals surface area contributed by atoms with Gasteiger partial charge >= 0.3 is 0 Å². The SMILES string of the molecule is N#CCNC(=O)CSc1nc2sc3c(c2c(=O)n1Cc1ccco1)CCCC3. The van der Waals surface area contributed by atoms with Crippen molar-refractivity contribution < 1.29 is 9.21 Å². The van der Waals surface area contributed by atoms with E-state index < -0.39 is 0 Å². The number of nitrogens with zero attached hydrogens (tertiary/aromatic N) is 3. The molecular formula is C19H18N4O3S2. The third kappa shape index (κ3) is 3.70. The predicted octanol–water partition coefficient (Wildman–Crippen LogP) is 2.71. The Bertz CT molecular complexity index is 1110. The first-order valence-electron chi connectivity index (χ1n) is 9.01. The summed E-state index contributed by atoms with van der Waals surface area (Å²) in [6, 6.07) is 5.47. The van der Waals surface area contributed by atoms with Crippen LogP contribution in [0, 0.1) is 11.3 Å². The van der Waals surface area contributed by atoms with Gasteiger partial charge < -0.3 is 9.73 Å². The normalized spacial score (nSPS) is 13.2. The Morgan fingerprint density at radius 2 is 2.29 bits per heavy atom. The Hall–Kier alpha value is -2.57. The third-order valence-electron chi connectivity index (χ3n) is 4.63. The summed E-state index contributed by atoms with van der Waals surface area (Å²) in [4.78, 5) is 32.0. The Morgan fingerprint density at radius 1 is 1.43 bits per heavy atom. The molecule has 0 spiro atoms. The van der Waals surface area contributed by atoms with E-state index >= 15 is 0 Å². The molecule has 1 amide bonds. The van der Waals surface area contributed by atoms with Crippen LogP contribution in [0.15, 0.2) is 32.8 Å². The fourth-order valence-electron chi connectivity index (χ4n) is 3.35. The van der Waals surface area contributed by atoms with Crippen molar-refractivity contribution in [3.63, 3.8) is 0 Å². The molecule has 9 heteroatoms. The lowest BCUT2D eigenvalue weighted by Crippen LogP contribution is -2.27. The molecule has 1 N–H and O–H groups in total. The van der Waals surface area contributed by atoms with E-state index in [1.807, 2.05) is 12.1 Å². The Labute approximate surface area is 169 Å². The van der Waals surface area contributed by atoms with Crippen molar-refractivity contribution >= 4 is 39.2 Å². The molecule has 0 aliphatic heterocycles. The summed E-state index contributed by atoms with van der Waals surface area (Å²) in [5.74, 6) is 0.474. The lowest BCUT2D eigenvalue weighted by atomic mass is 9.97. The maximum atomic E-state index is 13.4. The second-order valence-corrected chi connectivity index (χ2v) is 8.51. The van der Waals surface area contributed by atoms with E-state index in [4.69, 9.17) is 14.7 Å². The van der Waals surface area contributed by atoms with Crippen LogP contribution in [0.4, 0.5) is 0 Å². The molecule has 0 fully saturated rings. The number of thiophene rings is 1. The highest BCUT2D eigenvalue weighted by Crippen LogP contribution is 2.34. The van der Waals surface area contributed by atoms with Crippen molar-refractivity contribution in [3.05, 3.63) is 45.0 Å². The van der Waals surface area contributed by atoms with Crippen LogP contribution in [0.25, 0.3) is 10.2 Å². The van der Waals surface area contributed by atoms with Crippen LogP contribution in [0.2, 0.25) is 0 Å². The number of nitriles is 1. The standard InChI is InChI=1S/C19H18N4O3S2/c20-7-8-21-15(24)11-27-19-22-17-16(13-5-1-2-6-14(13)28-17)18(25)23(19)10-12-4-3-9-26-12/h3-4,9H,1-2,5-6,8,10-11H2,(H,21,24). The number of furan rings is 1. The molecule has 3 aromatic rings. The van der Waals surface area contributed by atoms with Crippen LogP contribution in [0.1, 0.15) is 29.0 Å². The van der Waals surface area contributed by atoms with E-state index in [0.717, 1.165) is 36.1 Å². The van der Waals surface area contributed by atoms with Gasteiger partial charge in [0.1, 0.15) is 17.1 Å². The average Bonchev–Trinajstić information content (AvgIpc) is 3.34. The number of hydrogen-bond donors (Lipinski definition) is 1. The maximum Gasteiger partial charge on any atom is 0.263 e. The number of hydrogen-bond acceptors (Lipinski definition) is 7. The van der Waals surface area contributed by atoms with Crippen LogP contribution in [-0.2, 0) is 24.2 Å². The average molecular weight is 415 g/mol. The predicted molar refractivity (Wildman–Crippen MR) is 108 cm³/mol. The van der Waals surface area contributed by atoms with Gasteiger partial charge in [0.05, 0.1) is 30.0 Å². The van der Waals surface area contributed by atoms with Gasteiger partial charge in [-0.15, -0.1) is 11.3 Å². The molecule has 0 bridgehead atoms. The third-order valence-corrected chi connectivity index (χ3v) is 6.79. The molecule has 0 atom stereocenters. The van der Waals surface area contributed by atoms with Gasteiger partial charge in [-0.05, 0) is 43.4 Å². The monoisotopic (exact) mass is 414 g/mol. The highest BCUT2D eigenvalue weighted by molar-refractivity contribution is 7.99. The van der Waals surface area contributed by atoms with Gasteiger partial charge in [0.25, 0.3) is 5.56 Å². The number of aromatic nitrogens is 2. The molecule has 28 heavy (non-hydrogen) atoms. The molecule has 0 saturated carbocycles. The van der Waals surface area contributed by atoms with Gasteiger partial charge in [0, 0.05) is 4.88 Å². The minimum atomic E-state index is -0.268. The number of carbonyl (C=O) groups is 1. The smallest absolute Gasteiger partial charge is 0.263 e. The van der Waals surface area contributed by atoms with Gasteiger partial charge in [-0.1, -0.05) is 11.8 Å². The highest BCUT2D eigenvalue weighted by Gasteiger charge is 2.23. The zero-order valence-electron chi connectivity index (χ0n) is 15.1. The van der Waals surface area contributed by atoms with Crippen LogP contribution in [0.3, 0.4) is 0 Å². The second kappa shape index (κ2) is 8.20. The first-order valence-corrected chi connectivity index (χ1v) is 10.8. The summed E-state index contributed by atoms with van der Waals surface area (Å²) in [5, 5.41) is 12.3. The molecule has 0 radical (unpaired) electrons. The van der Waals surface area contributed by atoms with Gasteiger partial charge in [0.15, 0.2) is 5.16 Å². The van der Waals surface area contributed by atoms with Crippen molar-refractivity contribution in [1.29, 1.82) is 5.26 Å². The summed E-state index contributed by atoms with van der Waals surface area (Å²) < 4.78 is 7.01. The summed E-state index contributed by atoms with van der Waals surface area (Å²) in [6.07, 6.45) is 5.71. The minimum absolute atomic E-state index is 0.0390. The van der Waals surface area contributed by atoms with Crippen molar-refractivity contribution in [2.75, 3.05) is 12.3 Å². The van der Waals surface area contributed by atoms with Crippen molar-refractivity contribution in [2.24, 2.45) is 0 Å². The molecule has 0 unspecified atom stereocenters. The Balaban J connectivity index is 1.74. The molecule has 144 valence electrons. The van der Waals surface area contributed by atoms with Crippen molar-refractivity contribution in [3.8, 4) is 6.07 Å². The number of aryl methyl sites for hydroxylation is 2. The van der Waals surface area contributed by atoms with Gasteiger partial charge in [-0.25, -0.2) is 4.98 Å².